The molecule has 0 radical (unpaired) electrons. The third-order valence-electron chi connectivity index (χ3n) is 12.0. The minimum absolute atomic E-state index is 0.200. The first-order valence-corrected chi connectivity index (χ1v) is 20.9. The maximum atomic E-state index is 9.09. The summed E-state index contributed by atoms with van der Waals surface area (Å²) in [4.78, 5) is 5.02. The largest absolute Gasteiger partial charge is 0.309 e. The highest BCUT2D eigenvalue weighted by Gasteiger charge is 2.21. The van der Waals surface area contributed by atoms with Gasteiger partial charge in [-0.3, -0.25) is 15.1 Å². The first-order valence-electron chi connectivity index (χ1n) is 20.9. The fourth-order valence-corrected chi connectivity index (χ4v) is 8.96. The Morgan fingerprint density at radius 3 is 1.19 bits per heavy atom. The minimum Gasteiger partial charge on any atom is -0.309 e. The standard InChI is InChI=1S/C57H41N5/c1-60(57(42-23-13-5-14-24-42)59-56(58)41-21-11-4-12-22-41)62-54-33-29-44(40-19-9-3-10-20-40)36-50(54)51-38-46(30-34-55(51)62)45-28-32-53-49(37-45)48-35-43(39-17-7-2-8-18-39)27-31-52(48)61(53)47-25-15-6-16-26-47/h2-38,58H,1H3. The summed E-state index contributed by atoms with van der Waals surface area (Å²) in [6.07, 6.45) is 0. The van der Waals surface area contributed by atoms with E-state index in [9.17, 15) is 0 Å². The Morgan fingerprint density at radius 1 is 0.387 bits per heavy atom. The Bertz CT molecular complexity index is 3460. The van der Waals surface area contributed by atoms with Crippen LogP contribution in [0.2, 0.25) is 0 Å². The number of para-hydroxylation sites is 1. The van der Waals surface area contributed by atoms with E-state index in [1.807, 2.05) is 55.6 Å². The summed E-state index contributed by atoms with van der Waals surface area (Å²) in [5, 5.41) is 15.9. The number of nitrogens with zero attached hydrogens (tertiary/aromatic N) is 4. The lowest BCUT2D eigenvalue weighted by Gasteiger charge is -2.25. The van der Waals surface area contributed by atoms with Crippen LogP contribution < -0.4 is 5.01 Å². The van der Waals surface area contributed by atoms with Crippen molar-refractivity contribution in [3.05, 3.63) is 236 Å². The van der Waals surface area contributed by atoms with E-state index in [1.165, 1.54) is 32.9 Å². The Hall–Kier alpha value is -8.28. The molecule has 0 unspecified atom stereocenters. The summed E-state index contributed by atoms with van der Waals surface area (Å²) in [5.41, 5.74) is 14.2. The number of rotatable bonds is 7. The van der Waals surface area contributed by atoms with E-state index in [-0.39, 0.29) is 5.84 Å². The van der Waals surface area contributed by atoms with Crippen LogP contribution in [0.3, 0.4) is 0 Å². The number of benzene rings is 9. The SMILES string of the molecule is CN(C(=NC(=N)c1ccccc1)c1ccccc1)n1c2ccc(-c3ccccc3)cc2c2cc(-c3ccc4c(c3)c3cc(-c5ccccc5)ccc3n4-c3ccccc3)ccc21. The third kappa shape index (κ3) is 6.44. The van der Waals surface area contributed by atoms with Crippen LogP contribution in [0.4, 0.5) is 0 Å². The summed E-state index contributed by atoms with van der Waals surface area (Å²) in [7, 11) is 2.04. The number of hydrogen-bond donors (Lipinski definition) is 1. The molecule has 62 heavy (non-hydrogen) atoms. The number of aromatic nitrogens is 2. The van der Waals surface area contributed by atoms with Crippen molar-refractivity contribution in [2.45, 2.75) is 0 Å². The Balaban J connectivity index is 1.11. The Labute approximate surface area is 360 Å². The lowest BCUT2D eigenvalue weighted by Crippen LogP contribution is -2.37. The molecule has 0 aliphatic carbocycles. The molecular formula is C57H41N5. The molecular weight excluding hydrogens is 755 g/mol. The van der Waals surface area contributed by atoms with Crippen molar-refractivity contribution in [2.75, 3.05) is 12.1 Å². The first kappa shape index (κ1) is 36.8. The molecule has 0 aliphatic rings. The topological polar surface area (TPSA) is 49.3 Å². The lowest BCUT2D eigenvalue weighted by molar-refractivity contribution is 0.865. The number of aliphatic imine (C=N–C) groups is 1. The van der Waals surface area contributed by atoms with Crippen molar-refractivity contribution in [1.29, 1.82) is 5.41 Å². The van der Waals surface area contributed by atoms with Crippen LogP contribution in [0.15, 0.2) is 229 Å². The highest BCUT2D eigenvalue weighted by molar-refractivity contribution is 6.18. The monoisotopic (exact) mass is 795 g/mol. The number of amidine groups is 2. The molecule has 0 aliphatic heterocycles. The minimum atomic E-state index is 0.200. The van der Waals surface area contributed by atoms with Crippen molar-refractivity contribution < 1.29 is 0 Å². The van der Waals surface area contributed by atoms with E-state index in [1.54, 1.807) is 0 Å². The fourth-order valence-electron chi connectivity index (χ4n) is 8.96. The van der Waals surface area contributed by atoms with Crippen molar-refractivity contribution in [2.24, 2.45) is 4.99 Å². The molecule has 0 saturated carbocycles. The second kappa shape index (κ2) is 15.4. The molecule has 0 saturated heterocycles. The maximum Gasteiger partial charge on any atom is 0.157 e. The highest BCUT2D eigenvalue weighted by atomic mass is 15.6. The van der Waals surface area contributed by atoms with Crippen molar-refractivity contribution in [3.63, 3.8) is 0 Å². The zero-order valence-electron chi connectivity index (χ0n) is 34.2. The van der Waals surface area contributed by atoms with Gasteiger partial charge < -0.3 is 4.57 Å². The van der Waals surface area contributed by atoms with E-state index in [0.29, 0.717) is 5.84 Å². The van der Waals surface area contributed by atoms with E-state index < -0.39 is 0 Å². The van der Waals surface area contributed by atoms with Gasteiger partial charge in [0.2, 0.25) is 0 Å². The van der Waals surface area contributed by atoms with Gasteiger partial charge in [0.25, 0.3) is 0 Å². The van der Waals surface area contributed by atoms with Gasteiger partial charge in [-0.2, -0.15) is 0 Å². The molecule has 9 aromatic carbocycles. The number of fused-ring (bicyclic) bond motifs is 6. The first-order chi connectivity index (χ1) is 30.6. The lowest BCUT2D eigenvalue weighted by atomic mass is 9.98. The molecule has 294 valence electrons. The van der Waals surface area contributed by atoms with Crippen molar-refractivity contribution >= 4 is 55.3 Å². The van der Waals surface area contributed by atoms with E-state index in [0.717, 1.165) is 60.9 Å². The summed E-state index contributed by atoms with van der Waals surface area (Å²) in [6.45, 7) is 0. The molecule has 5 nitrogen and oxygen atoms in total. The fraction of sp³-hybridized carbons (Fsp3) is 0.0175. The molecule has 0 atom stereocenters. The van der Waals surface area contributed by atoms with Crippen LogP contribution in [-0.2, 0) is 0 Å². The summed E-state index contributed by atoms with van der Waals surface area (Å²) in [5.74, 6) is 0.871. The molecule has 2 heterocycles. The molecule has 11 rings (SSSR count). The van der Waals surface area contributed by atoms with Crippen molar-refractivity contribution in [3.8, 4) is 39.1 Å². The predicted molar refractivity (Wildman–Crippen MR) is 260 cm³/mol. The highest BCUT2D eigenvalue weighted by Crippen LogP contribution is 2.40. The average molecular weight is 796 g/mol. The van der Waals surface area contributed by atoms with E-state index in [2.05, 4.69) is 190 Å². The predicted octanol–water partition coefficient (Wildman–Crippen LogP) is 13.9. The van der Waals surface area contributed by atoms with Crippen LogP contribution in [0.5, 0.6) is 0 Å². The third-order valence-corrected chi connectivity index (χ3v) is 12.0. The van der Waals surface area contributed by atoms with Gasteiger partial charge >= 0.3 is 0 Å². The average Bonchev–Trinajstić information content (AvgIpc) is 3.85. The molecule has 0 spiro atoms. The van der Waals surface area contributed by atoms with Crippen molar-refractivity contribution in [1.82, 2.24) is 9.24 Å². The van der Waals surface area contributed by atoms with Gasteiger partial charge in [-0.15, -0.1) is 0 Å². The molecule has 1 N–H and O–H groups in total. The molecule has 0 fully saturated rings. The smallest absolute Gasteiger partial charge is 0.157 e. The zero-order valence-corrected chi connectivity index (χ0v) is 34.2. The number of nitrogens with one attached hydrogen (secondary N) is 1. The molecule has 0 bridgehead atoms. The zero-order chi connectivity index (χ0) is 41.6. The van der Waals surface area contributed by atoms with Crippen LogP contribution in [0.25, 0.3) is 82.7 Å². The molecule has 2 aromatic heterocycles. The second-order valence-electron chi connectivity index (χ2n) is 15.7. The maximum absolute atomic E-state index is 9.09. The van der Waals surface area contributed by atoms with Gasteiger partial charge in [0.15, 0.2) is 11.7 Å². The van der Waals surface area contributed by atoms with Gasteiger partial charge in [0.05, 0.1) is 22.1 Å². The van der Waals surface area contributed by atoms with Crippen LogP contribution in [0, 0.1) is 5.41 Å². The normalized spacial score (nSPS) is 11.8. The summed E-state index contributed by atoms with van der Waals surface area (Å²) >= 11 is 0. The van der Waals surface area contributed by atoms with Gasteiger partial charge in [-0.1, -0.05) is 164 Å². The molecule has 0 amide bonds. The van der Waals surface area contributed by atoms with Crippen LogP contribution >= 0.6 is 0 Å². The Kier molecular flexibility index (Phi) is 9.13. The van der Waals surface area contributed by atoms with Gasteiger partial charge in [-0.05, 0) is 94.0 Å². The van der Waals surface area contributed by atoms with E-state index >= 15 is 0 Å². The molecule has 11 aromatic rings. The van der Waals surface area contributed by atoms with Crippen LogP contribution in [-0.4, -0.2) is 28.0 Å². The van der Waals surface area contributed by atoms with Gasteiger partial charge in [-0.25, -0.2) is 4.99 Å². The van der Waals surface area contributed by atoms with E-state index in [4.69, 9.17) is 10.4 Å². The quantitative estimate of drug-likeness (QED) is 0.127. The summed E-state index contributed by atoms with van der Waals surface area (Å²) in [6, 6.07) is 79.0. The van der Waals surface area contributed by atoms with Crippen LogP contribution in [0.1, 0.15) is 11.1 Å². The number of hydrogen-bond acceptors (Lipinski definition) is 1. The second-order valence-corrected chi connectivity index (χ2v) is 15.7. The Morgan fingerprint density at radius 2 is 0.742 bits per heavy atom. The van der Waals surface area contributed by atoms with Gasteiger partial charge in [0.1, 0.15) is 0 Å². The van der Waals surface area contributed by atoms with Gasteiger partial charge in [0, 0.05) is 45.4 Å². The molecule has 5 heteroatoms. The summed E-state index contributed by atoms with van der Waals surface area (Å²) < 4.78 is 4.62.